The van der Waals surface area contributed by atoms with E-state index in [0.29, 0.717) is 36.3 Å². The Morgan fingerprint density at radius 1 is 1.11 bits per heavy atom. The van der Waals surface area contributed by atoms with Gasteiger partial charge in [0.05, 0.1) is 16.7 Å². The molecular weight excluding hydrogens is 481 g/mol. The Morgan fingerprint density at radius 2 is 1.84 bits per heavy atom. The lowest BCUT2D eigenvalue weighted by atomic mass is 9.75. The van der Waals surface area contributed by atoms with Gasteiger partial charge in [0.2, 0.25) is 0 Å². The van der Waals surface area contributed by atoms with E-state index >= 15 is 0 Å². The summed E-state index contributed by atoms with van der Waals surface area (Å²) >= 11 is 0. The lowest BCUT2D eigenvalue weighted by molar-refractivity contribution is -0.152. The first-order chi connectivity index (χ1) is 17.6. The minimum absolute atomic E-state index is 0.0396. The van der Waals surface area contributed by atoms with Crippen molar-refractivity contribution in [1.82, 2.24) is 5.32 Å². The highest BCUT2D eigenvalue weighted by atomic mass is 19.4. The zero-order valence-electron chi connectivity index (χ0n) is 21.5. The maximum absolute atomic E-state index is 13.8. The van der Waals surface area contributed by atoms with E-state index in [4.69, 9.17) is 4.84 Å². The molecule has 0 bridgehead atoms. The number of alkyl halides is 3. The summed E-state index contributed by atoms with van der Waals surface area (Å²) in [5.41, 5.74) is 2.99. The maximum Gasteiger partial charge on any atom is 0.416 e. The van der Waals surface area contributed by atoms with Crippen LogP contribution in [0.15, 0.2) is 41.6 Å². The fourth-order valence-electron chi connectivity index (χ4n) is 5.46. The van der Waals surface area contributed by atoms with Crippen LogP contribution < -0.4 is 5.32 Å². The molecule has 2 fully saturated rings. The summed E-state index contributed by atoms with van der Waals surface area (Å²) in [5, 5.41) is 16.9. The first-order valence-corrected chi connectivity index (χ1v) is 13.1. The van der Waals surface area contributed by atoms with Gasteiger partial charge in [0, 0.05) is 13.1 Å². The standard InChI is InChI=1S/C29H35F3N2O3/c1-3-21-14-23(10-11-24(21)15-28(27(35)36)17-33-18-28)19(2)34-37-16-20-9-12-25(22-7-5-4-6-8-22)26(13-20)29(30,31)32/h9-14,22,33H,3-8,15-18H2,1-2H3,(H,35,36)/b34-19+. The molecule has 1 saturated carbocycles. The molecule has 0 spiro atoms. The van der Waals surface area contributed by atoms with Gasteiger partial charge < -0.3 is 15.3 Å². The topological polar surface area (TPSA) is 70.9 Å². The first kappa shape index (κ1) is 27.2. The summed E-state index contributed by atoms with van der Waals surface area (Å²) < 4.78 is 41.5. The number of oxime groups is 1. The molecule has 2 aliphatic rings. The van der Waals surface area contributed by atoms with Crippen molar-refractivity contribution in [2.75, 3.05) is 13.1 Å². The van der Waals surface area contributed by atoms with Crippen molar-refractivity contribution in [2.24, 2.45) is 10.6 Å². The minimum Gasteiger partial charge on any atom is -0.481 e. The van der Waals surface area contributed by atoms with Crippen molar-refractivity contribution >= 4 is 11.7 Å². The Bertz CT molecular complexity index is 1150. The number of carbonyl (C=O) groups is 1. The molecule has 4 rings (SSSR count). The van der Waals surface area contributed by atoms with Crippen LogP contribution in [0.3, 0.4) is 0 Å². The lowest BCUT2D eigenvalue weighted by Gasteiger charge is -2.39. The first-order valence-electron chi connectivity index (χ1n) is 13.1. The number of aliphatic carboxylic acids is 1. The summed E-state index contributed by atoms with van der Waals surface area (Å²) in [6.45, 7) is 4.67. The number of hydrogen-bond donors (Lipinski definition) is 2. The molecule has 0 atom stereocenters. The van der Waals surface area contributed by atoms with Crippen molar-refractivity contribution in [2.45, 2.75) is 77.5 Å². The summed E-state index contributed by atoms with van der Waals surface area (Å²) in [6.07, 6.45) is 1.43. The lowest BCUT2D eigenvalue weighted by Crippen LogP contribution is -2.59. The molecule has 2 N–H and O–H groups in total. The third kappa shape index (κ3) is 6.17. The van der Waals surface area contributed by atoms with Crippen LogP contribution in [-0.2, 0) is 35.3 Å². The maximum atomic E-state index is 13.8. The Morgan fingerprint density at radius 3 is 2.43 bits per heavy atom. The number of nitrogens with zero attached hydrogens (tertiary/aromatic N) is 1. The molecule has 0 radical (unpaired) electrons. The van der Waals surface area contributed by atoms with Gasteiger partial charge in [-0.1, -0.05) is 55.6 Å². The highest BCUT2D eigenvalue weighted by Gasteiger charge is 2.44. The summed E-state index contributed by atoms with van der Waals surface area (Å²) in [5.74, 6) is -0.828. The van der Waals surface area contributed by atoms with E-state index < -0.39 is 23.1 Å². The van der Waals surface area contributed by atoms with Crippen molar-refractivity contribution in [3.63, 3.8) is 0 Å². The van der Waals surface area contributed by atoms with Crippen molar-refractivity contribution in [3.05, 3.63) is 69.8 Å². The second-order valence-electron chi connectivity index (χ2n) is 10.4. The van der Waals surface area contributed by atoms with Gasteiger partial charge in [0.1, 0.15) is 6.61 Å². The van der Waals surface area contributed by atoms with Gasteiger partial charge in [-0.3, -0.25) is 4.79 Å². The third-order valence-corrected chi connectivity index (χ3v) is 7.82. The monoisotopic (exact) mass is 516 g/mol. The molecule has 1 aliphatic heterocycles. The van der Waals surface area contributed by atoms with E-state index in [9.17, 15) is 23.1 Å². The number of carboxylic acids is 1. The van der Waals surface area contributed by atoms with Gasteiger partial charge in [-0.25, -0.2) is 0 Å². The Labute approximate surface area is 216 Å². The van der Waals surface area contributed by atoms with Crippen LogP contribution in [0.5, 0.6) is 0 Å². The van der Waals surface area contributed by atoms with Gasteiger partial charge in [0.15, 0.2) is 0 Å². The summed E-state index contributed by atoms with van der Waals surface area (Å²) in [4.78, 5) is 17.2. The molecule has 2 aromatic carbocycles. The minimum atomic E-state index is -4.41. The largest absolute Gasteiger partial charge is 0.481 e. The fraction of sp³-hybridized carbons (Fsp3) is 0.517. The van der Waals surface area contributed by atoms with E-state index in [1.54, 1.807) is 19.1 Å². The van der Waals surface area contributed by atoms with Crippen LogP contribution in [0.4, 0.5) is 13.2 Å². The number of carboxylic acid groups (broad SMARTS) is 1. The molecule has 0 aromatic heterocycles. The highest BCUT2D eigenvalue weighted by Crippen LogP contribution is 2.41. The average Bonchev–Trinajstić information content (AvgIpc) is 2.85. The third-order valence-electron chi connectivity index (χ3n) is 7.82. The van der Waals surface area contributed by atoms with E-state index in [-0.39, 0.29) is 12.5 Å². The van der Waals surface area contributed by atoms with Crippen LogP contribution in [0, 0.1) is 5.41 Å². The molecule has 1 saturated heterocycles. The number of rotatable bonds is 9. The van der Waals surface area contributed by atoms with Crippen LogP contribution in [0.25, 0.3) is 0 Å². The molecule has 0 amide bonds. The zero-order chi connectivity index (χ0) is 26.6. The number of aryl methyl sites for hydroxylation is 1. The number of benzene rings is 2. The highest BCUT2D eigenvalue weighted by molar-refractivity contribution is 5.98. The predicted molar refractivity (Wildman–Crippen MR) is 137 cm³/mol. The van der Waals surface area contributed by atoms with Gasteiger partial charge in [0.25, 0.3) is 0 Å². The van der Waals surface area contributed by atoms with Gasteiger partial charge >= 0.3 is 12.1 Å². The molecule has 5 nitrogen and oxygen atoms in total. The molecular formula is C29H35F3N2O3. The molecule has 0 unspecified atom stereocenters. The smallest absolute Gasteiger partial charge is 0.416 e. The number of nitrogens with one attached hydrogen (secondary N) is 1. The molecule has 1 heterocycles. The Kier molecular flexibility index (Phi) is 8.26. The summed E-state index contributed by atoms with van der Waals surface area (Å²) in [7, 11) is 0. The van der Waals surface area contributed by atoms with Crippen molar-refractivity contribution < 1.29 is 27.9 Å². The SMILES string of the molecule is CCc1cc(/C(C)=N/OCc2ccc(C3CCCCC3)c(C(F)(F)F)c2)ccc1CC1(C(=O)O)CNC1. The fourth-order valence-corrected chi connectivity index (χ4v) is 5.46. The van der Waals surface area contributed by atoms with E-state index in [0.717, 1.165) is 55.2 Å². The molecule has 1 aliphatic carbocycles. The molecule has 37 heavy (non-hydrogen) atoms. The predicted octanol–water partition coefficient (Wildman–Crippen LogP) is 6.47. The van der Waals surface area contributed by atoms with Crippen molar-refractivity contribution in [3.8, 4) is 0 Å². The van der Waals surface area contributed by atoms with Crippen LogP contribution >= 0.6 is 0 Å². The Balaban J connectivity index is 1.45. The van der Waals surface area contributed by atoms with Crippen LogP contribution in [0.1, 0.15) is 85.3 Å². The van der Waals surface area contributed by atoms with Crippen molar-refractivity contribution in [1.29, 1.82) is 0 Å². The van der Waals surface area contributed by atoms with Gasteiger partial charge in [-0.2, -0.15) is 13.2 Å². The van der Waals surface area contributed by atoms with E-state index in [1.807, 2.05) is 25.1 Å². The van der Waals surface area contributed by atoms with Gasteiger partial charge in [-0.15, -0.1) is 0 Å². The average molecular weight is 517 g/mol. The second-order valence-corrected chi connectivity index (χ2v) is 10.4. The number of halogens is 3. The van der Waals surface area contributed by atoms with E-state index in [2.05, 4.69) is 10.5 Å². The normalized spacial score (nSPS) is 18.4. The Hall–Kier alpha value is -2.87. The molecule has 2 aromatic rings. The zero-order valence-corrected chi connectivity index (χ0v) is 21.5. The van der Waals surface area contributed by atoms with Crippen LogP contribution in [-0.4, -0.2) is 29.9 Å². The van der Waals surface area contributed by atoms with E-state index in [1.165, 1.54) is 6.07 Å². The second kappa shape index (κ2) is 11.3. The summed E-state index contributed by atoms with van der Waals surface area (Å²) in [6, 6.07) is 10.3. The molecule has 200 valence electrons. The molecule has 8 heteroatoms. The van der Waals surface area contributed by atoms with Crippen LogP contribution in [0.2, 0.25) is 0 Å². The van der Waals surface area contributed by atoms with Gasteiger partial charge in [-0.05, 0) is 78.5 Å². The number of hydrogen-bond acceptors (Lipinski definition) is 4. The quantitative estimate of drug-likeness (QED) is 0.296.